The zero-order valence-electron chi connectivity index (χ0n) is 11.4. The monoisotopic (exact) mass is 288 g/mol. The maximum Gasteiger partial charge on any atom is 0.145 e. The average Bonchev–Trinajstić information content (AvgIpc) is 2.92. The standard InChI is InChI=1S/C18H9FN2O/c19-12-8-14-13-5-4-11(10-20)7-17(13)22-18(14)15(9-12)16-3-1-2-6-21-16/h1-9H. The largest absolute Gasteiger partial charge is 0.455 e. The van der Waals surface area contributed by atoms with E-state index in [2.05, 4.69) is 11.1 Å². The fourth-order valence-corrected chi connectivity index (χ4v) is 2.62. The Morgan fingerprint density at radius 3 is 2.73 bits per heavy atom. The number of nitrogens with zero attached hydrogens (tertiary/aromatic N) is 2. The number of furan rings is 1. The SMILES string of the molecule is N#Cc1ccc2c(c1)oc1c(-c3ccccn3)cc(F)cc12. The number of hydrogen-bond donors (Lipinski definition) is 0. The molecule has 0 amide bonds. The molecule has 0 aliphatic rings. The minimum absolute atomic E-state index is 0.347. The van der Waals surface area contributed by atoms with Gasteiger partial charge in [-0.15, -0.1) is 0 Å². The summed E-state index contributed by atoms with van der Waals surface area (Å²) in [4.78, 5) is 4.27. The summed E-state index contributed by atoms with van der Waals surface area (Å²) in [6.07, 6.45) is 1.66. The van der Waals surface area contributed by atoms with Crippen molar-refractivity contribution in [3.05, 3.63) is 66.1 Å². The second-order valence-electron chi connectivity index (χ2n) is 4.97. The minimum atomic E-state index is -0.347. The van der Waals surface area contributed by atoms with Crippen LogP contribution >= 0.6 is 0 Å². The first-order chi connectivity index (χ1) is 10.8. The molecule has 0 unspecified atom stereocenters. The van der Waals surface area contributed by atoms with E-state index >= 15 is 0 Å². The van der Waals surface area contributed by atoms with Gasteiger partial charge in [-0.25, -0.2) is 4.39 Å². The Bertz CT molecular complexity index is 1050. The fraction of sp³-hybridized carbons (Fsp3) is 0. The lowest BCUT2D eigenvalue weighted by atomic mass is 10.1. The maximum absolute atomic E-state index is 14.0. The van der Waals surface area contributed by atoms with Crippen LogP contribution in [0, 0.1) is 17.1 Å². The van der Waals surface area contributed by atoms with Gasteiger partial charge in [0.1, 0.15) is 17.0 Å². The van der Waals surface area contributed by atoms with Gasteiger partial charge in [0.15, 0.2) is 0 Å². The lowest BCUT2D eigenvalue weighted by Gasteiger charge is -2.01. The number of rotatable bonds is 1. The van der Waals surface area contributed by atoms with Gasteiger partial charge in [-0.05, 0) is 42.5 Å². The molecule has 104 valence electrons. The molecule has 4 aromatic rings. The molecule has 3 nitrogen and oxygen atoms in total. The van der Waals surface area contributed by atoms with E-state index in [1.54, 1.807) is 30.5 Å². The lowest BCUT2D eigenvalue weighted by molar-refractivity contribution is 0.627. The van der Waals surface area contributed by atoms with Crippen molar-refractivity contribution >= 4 is 21.9 Å². The Morgan fingerprint density at radius 2 is 1.95 bits per heavy atom. The first-order valence-corrected chi connectivity index (χ1v) is 6.73. The molecule has 0 aliphatic heterocycles. The summed E-state index contributed by atoms with van der Waals surface area (Å²) in [5.74, 6) is -0.347. The van der Waals surface area contributed by atoms with Gasteiger partial charge < -0.3 is 4.42 Å². The zero-order chi connectivity index (χ0) is 15.1. The van der Waals surface area contributed by atoms with Crippen molar-refractivity contribution < 1.29 is 8.81 Å². The van der Waals surface area contributed by atoms with Crippen LogP contribution in [-0.4, -0.2) is 4.98 Å². The third-order valence-electron chi connectivity index (χ3n) is 3.61. The fourth-order valence-electron chi connectivity index (χ4n) is 2.62. The van der Waals surface area contributed by atoms with E-state index in [0.717, 1.165) is 5.39 Å². The highest BCUT2D eigenvalue weighted by atomic mass is 19.1. The van der Waals surface area contributed by atoms with Gasteiger partial charge in [-0.2, -0.15) is 5.26 Å². The van der Waals surface area contributed by atoms with E-state index in [9.17, 15) is 4.39 Å². The van der Waals surface area contributed by atoms with Crippen molar-refractivity contribution in [3.63, 3.8) is 0 Å². The van der Waals surface area contributed by atoms with Crippen LogP contribution in [0.3, 0.4) is 0 Å². The first kappa shape index (κ1) is 12.5. The van der Waals surface area contributed by atoms with Gasteiger partial charge in [0.05, 0.1) is 17.3 Å². The number of aromatic nitrogens is 1. The molecule has 2 aromatic heterocycles. The summed E-state index contributed by atoms with van der Waals surface area (Å²) < 4.78 is 19.9. The van der Waals surface area contributed by atoms with Gasteiger partial charge >= 0.3 is 0 Å². The van der Waals surface area contributed by atoms with Crippen molar-refractivity contribution in [1.82, 2.24) is 4.98 Å². The third-order valence-corrected chi connectivity index (χ3v) is 3.61. The van der Waals surface area contributed by atoms with Crippen LogP contribution in [0.2, 0.25) is 0 Å². The number of fused-ring (bicyclic) bond motifs is 3. The normalized spacial score (nSPS) is 10.9. The van der Waals surface area contributed by atoms with Crippen LogP contribution in [0.1, 0.15) is 5.56 Å². The topological polar surface area (TPSA) is 49.8 Å². The highest BCUT2D eigenvalue weighted by Gasteiger charge is 2.15. The molecule has 0 fully saturated rings. The quantitative estimate of drug-likeness (QED) is 0.512. The molecule has 4 heteroatoms. The molecular weight excluding hydrogens is 279 g/mol. The summed E-state index contributed by atoms with van der Waals surface area (Å²) in [6.45, 7) is 0. The molecule has 0 aliphatic carbocycles. The van der Waals surface area contributed by atoms with Gasteiger partial charge in [0, 0.05) is 22.5 Å². The molecule has 0 radical (unpaired) electrons. The Morgan fingerprint density at radius 1 is 1.05 bits per heavy atom. The Hall–Kier alpha value is -3.19. The summed E-state index contributed by atoms with van der Waals surface area (Å²) in [5, 5.41) is 10.5. The zero-order valence-corrected chi connectivity index (χ0v) is 11.4. The Balaban J connectivity index is 2.12. The smallest absolute Gasteiger partial charge is 0.145 e. The van der Waals surface area contributed by atoms with E-state index in [1.807, 2.05) is 12.1 Å². The summed E-state index contributed by atoms with van der Waals surface area (Å²) in [7, 11) is 0. The minimum Gasteiger partial charge on any atom is -0.455 e. The lowest BCUT2D eigenvalue weighted by Crippen LogP contribution is -1.85. The van der Waals surface area contributed by atoms with Crippen LogP contribution in [-0.2, 0) is 0 Å². The van der Waals surface area contributed by atoms with Gasteiger partial charge in [0.2, 0.25) is 0 Å². The number of pyridine rings is 1. The van der Waals surface area contributed by atoms with E-state index < -0.39 is 0 Å². The molecular formula is C18H9FN2O. The molecule has 0 atom stereocenters. The number of halogens is 1. The van der Waals surface area contributed by atoms with E-state index in [0.29, 0.717) is 33.4 Å². The molecule has 0 bridgehead atoms. The van der Waals surface area contributed by atoms with Crippen LogP contribution in [0.25, 0.3) is 33.2 Å². The molecule has 2 aromatic carbocycles. The third kappa shape index (κ3) is 1.84. The Kier molecular flexibility index (Phi) is 2.67. The molecule has 0 spiro atoms. The summed E-state index contributed by atoms with van der Waals surface area (Å²) in [5.41, 5.74) is 2.89. The predicted molar refractivity (Wildman–Crippen MR) is 81.6 cm³/mol. The van der Waals surface area contributed by atoms with E-state index in [4.69, 9.17) is 9.68 Å². The second kappa shape index (κ2) is 4.68. The molecule has 2 heterocycles. The van der Waals surface area contributed by atoms with Crippen LogP contribution in [0.5, 0.6) is 0 Å². The van der Waals surface area contributed by atoms with Crippen molar-refractivity contribution in [2.24, 2.45) is 0 Å². The Labute approximate surface area is 125 Å². The molecule has 4 rings (SSSR count). The number of benzene rings is 2. The van der Waals surface area contributed by atoms with Crippen molar-refractivity contribution in [3.8, 4) is 17.3 Å². The highest BCUT2D eigenvalue weighted by Crippen LogP contribution is 2.36. The predicted octanol–water partition coefficient (Wildman–Crippen LogP) is 4.66. The first-order valence-electron chi connectivity index (χ1n) is 6.73. The van der Waals surface area contributed by atoms with E-state index in [-0.39, 0.29) is 5.82 Å². The average molecular weight is 288 g/mol. The van der Waals surface area contributed by atoms with Gasteiger partial charge in [-0.1, -0.05) is 6.07 Å². The highest BCUT2D eigenvalue weighted by molar-refractivity contribution is 6.09. The van der Waals surface area contributed by atoms with Gasteiger partial charge in [-0.3, -0.25) is 4.98 Å². The van der Waals surface area contributed by atoms with Crippen LogP contribution < -0.4 is 0 Å². The number of hydrogen-bond acceptors (Lipinski definition) is 3. The van der Waals surface area contributed by atoms with Crippen molar-refractivity contribution in [1.29, 1.82) is 5.26 Å². The second-order valence-corrected chi connectivity index (χ2v) is 4.97. The molecule has 0 saturated heterocycles. The molecule has 0 saturated carbocycles. The maximum atomic E-state index is 14.0. The van der Waals surface area contributed by atoms with Gasteiger partial charge in [0.25, 0.3) is 0 Å². The molecule has 0 N–H and O–H groups in total. The van der Waals surface area contributed by atoms with Crippen LogP contribution in [0.15, 0.2) is 59.1 Å². The van der Waals surface area contributed by atoms with E-state index in [1.165, 1.54) is 12.1 Å². The molecule has 22 heavy (non-hydrogen) atoms. The van der Waals surface area contributed by atoms with Crippen molar-refractivity contribution in [2.45, 2.75) is 0 Å². The van der Waals surface area contributed by atoms with Crippen LogP contribution in [0.4, 0.5) is 4.39 Å². The summed E-state index contributed by atoms with van der Waals surface area (Å²) >= 11 is 0. The van der Waals surface area contributed by atoms with Crippen molar-refractivity contribution in [2.75, 3.05) is 0 Å². The summed E-state index contributed by atoms with van der Waals surface area (Å²) in [6, 6.07) is 15.5. The number of nitriles is 1.